The molecule has 1 heterocycles. The van der Waals surface area contributed by atoms with Crippen LogP contribution in [0.15, 0.2) is 36.4 Å². The van der Waals surface area contributed by atoms with Crippen molar-refractivity contribution in [3.8, 4) is 0 Å². The number of hydrogen-bond donors (Lipinski definition) is 2. The number of primary amides is 1. The second-order valence-corrected chi connectivity index (χ2v) is 4.86. The first-order valence-corrected chi connectivity index (χ1v) is 6.53. The topological polar surface area (TPSA) is 80.9 Å². The number of nitrogens with two attached hydrogens (primary N) is 1. The first kappa shape index (κ1) is 14.0. The molecule has 0 aliphatic heterocycles. The van der Waals surface area contributed by atoms with Crippen LogP contribution < -0.4 is 11.1 Å². The molecular weight excluding hydrogens is 252 g/mol. The lowest BCUT2D eigenvalue weighted by Crippen LogP contribution is -2.18. The van der Waals surface area contributed by atoms with Crippen LogP contribution in [0.5, 0.6) is 0 Å². The maximum Gasteiger partial charge on any atom is 0.286 e. The van der Waals surface area contributed by atoms with Crippen molar-refractivity contribution in [2.24, 2.45) is 5.73 Å². The summed E-state index contributed by atoms with van der Waals surface area (Å²) in [6.45, 7) is 4.65. The van der Waals surface area contributed by atoms with Crippen LogP contribution in [0.1, 0.15) is 41.6 Å². The van der Waals surface area contributed by atoms with Gasteiger partial charge in [0.2, 0.25) is 5.82 Å². The number of amides is 1. The predicted octanol–water partition coefficient (Wildman–Crippen LogP) is 2.31. The summed E-state index contributed by atoms with van der Waals surface area (Å²) in [6, 6.07) is 11.8. The lowest BCUT2D eigenvalue weighted by atomic mass is 10.1. The lowest BCUT2D eigenvalue weighted by Gasteiger charge is -2.10. The van der Waals surface area contributed by atoms with Crippen molar-refractivity contribution in [3.05, 3.63) is 53.5 Å². The van der Waals surface area contributed by atoms with Crippen molar-refractivity contribution in [1.82, 2.24) is 9.97 Å². The molecule has 2 aromatic rings. The highest BCUT2D eigenvalue weighted by Gasteiger charge is 2.11. The molecule has 5 heteroatoms. The van der Waals surface area contributed by atoms with Gasteiger partial charge in [-0.25, -0.2) is 9.97 Å². The summed E-state index contributed by atoms with van der Waals surface area (Å²) in [5.41, 5.74) is 7.20. The van der Waals surface area contributed by atoms with Crippen molar-refractivity contribution >= 4 is 11.7 Å². The molecule has 0 atom stereocenters. The van der Waals surface area contributed by atoms with Crippen molar-refractivity contribution < 1.29 is 4.79 Å². The maximum absolute atomic E-state index is 11.3. The molecule has 0 saturated heterocycles. The standard InChI is InChI=1S/C15H18N4O/c1-10(2)12-8-13(19-15(18-12)14(16)20)17-9-11-6-4-3-5-7-11/h3-8,10H,9H2,1-2H3,(H2,16,20)(H,17,18,19). The van der Waals surface area contributed by atoms with E-state index in [1.54, 1.807) is 0 Å². The van der Waals surface area contributed by atoms with E-state index in [1.165, 1.54) is 0 Å². The maximum atomic E-state index is 11.3. The van der Waals surface area contributed by atoms with Crippen LogP contribution in [0.3, 0.4) is 0 Å². The molecule has 0 aliphatic carbocycles. The largest absolute Gasteiger partial charge is 0.366 e. The molecule has 0 spiro atoms. The number of rotatable bonds is 5. The van der Waals surface area contributed by atoms with Gasteiger partial charge < -0.3 is 11.1 Å². The van der Waals surface area contributed by atoms with E-state index >= 15 is 0 Å². The van der Waals surface area contributed by atoms with Gasteiger partial charge in [0.15, 0.2) is 0 Å². The van der Waals surface area contributed by atoms with Gasteiger partial charge in [-0.05, 0) is 11.5 Å². The average Bonchev–Trinajstić information content (AvgIpc) is 2.45. The third-order valence-corrected chi connectivity index (χ3v) is 2.87. The van der Waals surface area contributed by atoms with Crippen LogP contribution in [0.25, 0.3) is 0 Å². The number of hydrogen-bond acceptors (Lipinski definition) is 4. The number of anilines is 1. The van der Waals surface area contributed by atoms with Crippen LogP contribution in [0.2, 0.25) is 0 Å². The Hall–Kier alpha value is -2.43. The fourth-order valence-electron chi connectivity index (χ4n) is 1.75. The Morgan fingerprint density at radius 3 is 2.55 bits per heavy atom. The molecule has 20 heavy (non-hydrogen) atoms. The molecule has 104 valence electrons. The summed E-state index contributed by atoms with van der Waals surface area (Å²) in [6.07, 6.45) is 0. The van der Waals surface area contributed by atoms with Gasteiger partial charge >= 0.3 is 0 Å². The molecular formula is C15H18N4O. The molecule has 0 saturated carbocycles. The highest BCUT2D eigenvalue weighted by molar-refractivity contribution is 5.89. The summed E-state index contributed by atoms with van der Waals surface area (Å²) >= 11 is 0. The van der Waals surface area contributed by atoms with Gasteiger partial charge in [-0.3, -0.25) is 4.79 Å². The van der Waals surface area contributed by atoms with Crippen LogP contribution >= 0.6 is 0 Å². The number of nitrogens with one attached hydrogen (secondary N) is 1. The molecule has 5 nitrogen and oxygen atoms in total. The van der Waals surface area contributed by atoms with Gasteiger partial charge in [-0.1, -0.05) is 44.2 Å². The zero-order chi connectivity index (χ0) is 14.5. The van der Waals surface area contributed by atoms with E-state index < -0.39 is 5.91 Å². The molecule has 1 aromatic carbocycles. The summed E-state index contributed by atoms with van der Waals surface area (Å²) in [4.78, 5) is 19.6. The minimum atomic E-state index is -0.615. The predicted molar refractivity (Wildman–Crippen MR) is 78.4 cm³/mol. The second kappa shape index (κ2) is 6.14. The van der Waals surface area contributed by atoms with Crippen molar-refractivity contribution in [2.45, 2.75) is 26.3 Å². The SMILES string of the molecule is CC(C)c1cc(NCc2ccccc2)nc(C(N)=O)n1. The number of nitrogens with zero attached hydrogens (tertiary/aromatic N) is 2. The van der Waals surface area contributed by atoms with Crippen molar-refractivity contribution in [1.29, 1.82) is 0 Å². The summed E-state index contributed by atoms with van der Waals surface area (Å²) in [7, 11) is 0. The van der Waals surface area contributed by atoms with Crippen molar-refractivity contribution in [3.63, 3.8) is 0 Å². The van der Waals surface area contributed by atoms with Gasteiger partial charge in [0, 0.05) is 18.3 Å². The Balaban J connectivity index is 2.20. The fourth-order valence-corrected chi connectivity index (χ4v) is 1.75. The van der Waals surface area contributed by atoms with E-state index in [-0.39, 0.29) is 11.7 Å². The van der Waals surface area contributed by atoms with Crippen LogP contribution in [-0.2, 0) is 6.54 Å². The summed E-state index contributed by atoms with van der Waals surface area (Å²) in [5, 5.41) is 3.19. The Morgan fingerprint density at radius 1 is 1.25 bits per heavy atom. The zero-order valence-electron chi connectivity index (χ0n) is 11.6. The Labute approximate surface area is 118 Å². The molecule has 0 aliphatic rings. The van der Waals surface area contributed by atoms with E-state index in [0.29, 0.717) is 12.4 Å². The first-order valence-electron chi connectivity index (χ1n) is 6.53. The molecule has 0 unspecified atom stereocenters. The minimum Gasteiger partial charge on any atom is -0.366 e. The van der Waals surface area contributed by atoms with E-state index in [4.69, 9.17) is 5.73 Å². The van der Waals surface area contributed by atoms with Crippen LogP contribution in [0, 0.1) is 0 Å². The molecule has 0 radical (unpaired) electrons. The van der Waals surface area contributed by atoms with Crippen LogP contribution in [-0.4, -0.2) is 15.9 Å². The monoisotopic (exact) mass is 270 g/mol. The van der Waals surface area contributed by atoms with Gasteiger partial charge in [-0.15, -0.1) is 0 Å². The Morgan fingerprint density at radius 2 is 1.95 bits per heavy atom. The van der Waals surface area contributed by atoms with Gasteiger partial charge in [0.1, 0.15) is 5.82 Å². The molecule has 0 bridgehead atoms. The molecule has 0 fully saturated rings. The first-order chi connectivity index (χ1) is 9.56. The van der Waals surface area contributed by atoms with Gasteiger partial charge in [0.25, 0.3) is 5.91 Å². The van der Waals surface area contributed by atoms with Crippen LogP contribution in [0.4, 0.5) is 5.82 Å². The van der Waals surface area contributed by atoms with E-state index in [2.05, 4.69) is 15.3 Å². The molecule has 3 N–H and O–H groups in total. The molecule has 1 aromatic heterocycles. The second-order valence-electron chi connectivity index (χ2n) is 4.86. The molecule has 1 amide bonds. The Kier molecular flexibility index (Phi) is 4.30. The highest BCUT2D eigenvalue weighted by Crippen LogP contribution is 2.16. The number of aromatic nitrogens is 2. The quantitative estimate of drug-likeness (QED) is 0.873. The van der Waals surface area contributed by atoms with Gasteiger partial charge in [-0.2, -0.15) is 0 Å². The number of carbonyl (C=O) groups excluding carboxylic acids is 1. The third-order valence-electron chi connectivity index (χ3n) is 2.87. The summed E-state index contributed by atoms with van der Waals surface area (Å²) in [5.74, 6) is 0.247. The zero-order valence-corrected chi connectivity index (χ0v) is 11.6. The van der Waals surface area contributed by atoms with E-state index in [0.717, 1.165) is 11.3 Å². The van der Waals surface area contributed by atoms with E-state index in [1.807, 2.05) is 50.2 Å². The Bertz CT molecular complexity index is 596. The van der Waals surface area contributed by atoms with Crippen molar-refractivity contribution in [2.75, 3.05) is 5.32 Å². The fraction of sp³-hybridized carbons (Fsp3) is 0.267. The minimum absolute atomic E-state index is 0.0479. The number of carbonyl (C=O) groups is 1. The average molecular weight is 270 g/mol. The number of benzene rings is 1. The smallest absolute Gasteiger partial charge is 0.286 e. The summed E-state index contributed by atoms with van der Waals surface area (Å²) < 4.78 is 0. The van der Waals surface area contributed by atoms with Gasteiger partial charge in [0.05, 0.1) is 0 Å². The third kappa shape index (κ3) is 3.54. The normalized spacial score (nSPS) is 10.6. The van der Waals surface area contributed by atoms with E-state index in [9.17, 15) is 4.79 Å². The lowest BCUT2D eigenvalue weighted by molar-refractivity contribution is 0.0990. The highest BCUT2D eigenvalue weighted by atomic mass is 16.1. The molecule has 2 rings (SSSR count).